The maximum atomic E-state index is 9.81. The van der Waals surface area contributed by atoms with Gasteiger partial charge in [0.05, 0.1) is 18.3 Å². The Morgan fingerprint density at radius 1 is 1.33 bits per heavy atom. The Morgan fingerprint density at radius 3 is 2.50 bits per heavy atom. The van der Waals surface area contributed by atoms with Gasteiger partial charge in [-0.2, -0.15) is 0 Å². The quantitative estimate of drug-likeness (QED) is 0.812. The zero-order chi connectivity index (χ0) is 13.6. The number of hydrogen-bond acceptors (Lipinski definition) is 4. The van der Waals surface area contributed by atoms with Crippen molar-refractivity contribution in [2.75, 3.05) is 13.2 Å². The number of aromatic nitrogens is 1. The number of pyridine rings is 1. The van der Waals surface area contributed by atoms with Crippen LogP contribution in [-0.4, -0.2) is 34.9 Å². The average molecular weight is 252 g/mol. The van der Waals surface area contributed by atoms with Gasteiger partial charge in [-0.3, -0.25) is 4.98 Å². The number of ether oxygens (including phenoxy) is 1. The van der Waals surface area contributed by atoms with Crippen LogP contribution in [0.2, 0.25) is 0 Å². The standard InChI is InChI=1S/C14H24N2O2/c1-11(12-5-7-15-8-6-12)16-9-13(17)10-18-14(2,3)4/h5-8,11,13,16-17H,9-10H2,1-4H3/t11-,13?/m1/s1. The highest BCUT2D eigenvalue weighted by molar-refractivity contribution is 5.13. The van der Waals surface area contributed by atoms with Crippen LogP contribution in [0.3, 0.4) is 0 Å². The summed E-state index contributed by atoms with van der Waals surface area (Å²) in [5.74, 6) is 0. The molecule has 1 rings (SSSR count). The van der Waals surface area contributed by atoms with Crippen molar-refractivity contribution in [2.24, 2.45) is 0 Å². The lowest BCUT2D eigenvalue weighted by molar-refractivity contribution is -0.0482. The van der Waals surface area contributed by atoms with E-state index in [9.17, 15) is 5.11 Å². The molecule has 1 aromatic heterocycles. The Morgan fingerprint density at radius 2 is 1.94 bits per heavy atom. The summed E-state index contributed by atoms with van der Waals surface area (Å²) in [7, 11) is 0. The fourth-order valence-corrected chi connectivity index (χ4v) is 1.49. The van der Waals surface area contributed by atoms with Crippen molar-refractivity contribution in [2.45, 2.75) is 45.4 Å². The third kappa shape index (κ3) is 6.10. The number of nitrogens with zero attached hydrogens (tertiary/aromatic N) is 1. The summed E-state index contributed by atoms with van der Waals surface area (Å²) in [5, 5.41) is 13.1. The second kappa shape index (κ2) is 6.83. The van der Waals surface area contributed by atoms with Crippen LogP contribution < -0.4 is 5.32 Å². The summed E-state index contributed by atoms with van der Waals surface area (Å²) < 4.78 is 5.53. The third-order valence-corrected chi connectivity index (χ3v) is 2.57. The third-order valence-electron chi connectivity index (χ3n) is 2.57. The van der Waals surface area contributed by atoms with Crippen LogP contribution in [-0.2, 0) is 4.74 Å². The molecule has 1 aromatic rings. The van der Waals surface area contributed by atoms with Gasteiger partial charge in [-0.25, -0.2) is 0 Å². The fraction of sp³-hybridized carbons (Fsp3) is 0.643. The average Bonchev–Trinajstić information content (AvgIpc) is 2.33. The molecule has 0 aliphatic heterocycles. The van der Waals surface area contributed by atoms with Crippen molar-refractivity contribution in [3.63, 3.8) is 0 Å². The normalized spacial score (nSPS) is 15.4. The molecule has 0 spiro atoms. The molecule has 4 nitrogen and oxygen atoms in total. The van der Waals surface area contributed by atoms with E-state index in [0.29, 0.717) is 13.2 Å². The van der Waals surface area contributed by atoms with Crippen LogP contribution in [0.25, 0.3) is 0 Å². The summed E-state index contributed by atoms with van der Waals surface area (Å²) in [5.41, 5.74) is 0.950. The van der Waals surface area contributed by atoms with Crippen LogP contribution in [0, 0.1) is 0 Å². The first-order valence-electron chi connectivity index (χ1n) is 6.34. The molecule has 0 aliphatic carbocycles. The van der Waals surface area contributed by atoms with Crippen LogP contribution in [0.4, 0.5) is 0 Å². The van der Waals surface area contributed by atoms with Crippen LogP contribution in [0.5, 0.6) is 0 Å². The van der Waals surface area contributed by atoms with E-state index in [2.05, 4.69) is 17.2 Å². The zero-order valence-electron chi connectivity index (χ0n) is 11.7. The minimum absolute atomic E-state index is 0.192. The highest BCUT2D eigenvalue weighted by Crippen LogP contribution is 2.10. The van der Waals surface area contributed by atoms with Gasteiger partial charge >= 0.3 is 0 Å². The number of aliphatic hydroxyl groups is 1. The van der Waals surface area contributed by atoms with E-state index in [1.165, 1.54) is 0 Å². The SMILES string of the molecule is C[C@@H](NCC(O)COC(C)(C)C)c1ccncc1. The van der Waals surface area contributed by atoms with E-state index in [-0.39, 0.29) is 11.6 Å². The Kier molecular flexibility index (Phi) is 5.72. The summed E-state index contributed by atoms with van der Waals surface area (Å²) in [4.78, 5) is 3.98. The monoisotopic (exact) mass is 252 g/mol. The number of hydrogen-bond donors (Lipinski definition) is 2. The van der Waals surface area contributed by atoms with E-state index in [0.717, 1.165) is 5.56 Å². The van der Waals surface area contributed by atoms with Crippen LogP contribution in [0.1, 0.15) is 39.3 Å². The smallest absolute Gasteiger partial charge is 0.0898 e. The summed E-state index contributed by atoms with van der Waals surface area (Å²) >= 11 is 0. The Balaban J connectivity index is 2.28. The summed E-state index contributed by atoms with van der Waals surface area (Å²) in [6, 6.07) is 4.13. The van der Waals surface area contributed by atoms with Gasteiger partial charge in [0.1, 0.15) is 0 Å². The second-order valence-corrected chi connectivity index (χ2v) is 5.49. The van der Waals surface area contributed by atoms with Gasteiger partial charge in [0.2, 0.25) is 0 Å². The summed E-state index contributed by atoms with van der Waals surface area (Å²) in [6.45, 7) is 8.86. The topological polar surface area (TPSA) is 54.4 Å². The van der Waals surface area contributed by atoms with Crippen molar-refractivity contribution in [1.29, 1.82) is 0 Å². The van der Waals surface area contributed by atoms with Crippen LogP contribution in [0.15, 0.2) is 24.5 Å². The molecule has 0 fully saturated rings. The first kappa shape index (κ1) is 15.1. The molecular formula is C14H24N2O2. The van der Waals surface area contributed by atoms with E-state index in [1.807, 2.05) is 32.9 Å². The van der Waals surface area contributed by atoms with E-state index in [1.54, 1.807) is 12.4 Å². The van der Waals surface area contributed by atoms with E-state index < -0.39 is 6.10 Å². The molecule has 18 heavy (non-hydrogen) atoms. The van der Waals surface area contributed by atoms with Gasteiger partial charge < -0.3 is 15.2 Å². The number of aliphatic hydroxyl groups excluding tert-OH is 1. The minimum Gasteiger partial charge on any atom is -0.389 e. The minimum atomic E-state index is -0.492. The fourth-order valence-electron chi connectivity index (χ4n) is 1.49. The van der Waals surface area contributed by atoms with Crippen molar-refractivity contribution in [3.05, 3.63) is 30.1 Å². The van der Waals surface area contributed by atoms with Gasteiger partial charge in [-0.1, -0.05) is 0 Å². The molecule has 0 aliphatic rings. The Labute approximate surface area is 109 Å². The maximum absolute atomic E-state index is 9.81. The molecule has 102 valence electrons. The lowest BCUT2D eigenvalue weighted by Gasteiger charge is -2.23. The van der Waals surface area contributed by atoms with Gasteiger partial charge in [0.15, 0.2) is 0 Å². The molecular weight excluding hydrogens is 228 g/mol. The van der Waals surface area contributed by atoms with Gasteiger partial charge in [-0.15, -0.1) is 0 Å². The van der Waals surface area contributed by atoms with Gasteiger partial charge in [0.25, 0.3) is 0 Å². The van der Waals surface area contributed by atoms with E-state index in [4.69, 9.17) is 4.74 Å². The molecule has 0 amide bonds. The van der Waals surface area contributed by atoms with Crippen molar-refractivity contribution < 1.29 is 9.84 Å². The zero-order valence-corrected chi connectivity index (χ0v) is 11.7. The lowest BCUT2D eigenvalue weighted by Crippen LogP contribution is -2.34. The number of rotatable bonds is 6. The first-order chi connectivity index (χ1) is 8.38. The summed E-state index contributed by atoms with van der Waals surface area (Å²) in [6.07, 6.45) is 3.05. The molecule has 4 heteroatoms. The predicted octanol–water partition coefficient (Wildman–Crippen LogP) is 1.91. The van der Waals surface area contributed by atoms with Gasteiger partial charge in [0, 0.05) is 25.0 Å². The van der Waals surface area contributed by atoms with Crippen molar-refractivity contribution in [1.82, 2.24) is 10.3 Å². The molecule has 1 heterocycles. The van der Waals surface area contributed by atoms with Crippen molar-refractivity contribution in [3.8, 4) is 0 Å². The molecule has 2 N–H and O–H groups in total. The predicted molar refractivity (Wildman–Crippen MR) is 72.4 cm³/mol. The molecule has 0 radical (unpaired) electrons. The lowest BCUT2D eigenvalue weighted by atomic mass is 10.1. The molecule has 0 saturated carbocycles. The van der Waals surface area contributed by atoms with Crippen LogP contribution >= 0.6 is 0 Å². The molecule has 0 aromatic carbocycles. The second-order valence-electron chi connectivity index (χ2n) is 5.49. The molecule has 0 saturated heterocycles. The highest BCUT2D eigenvalue weighted by Gasteiger charge is 2.14. The molecule has 1 unspecified atom stereocenters. The van der Waals surface area contributed by atoms with Crippen molar-refractivity contribution >= 4 is 0 Å². The largest absolute Gasteiger partial charge is 0.389 e. The Hall–Kier alpha value is -0.970. The van der Waals surface area contributed by atoms with Gasteiger partial charge in [-0.05, 0) is 45.4 Å². The maximum Gasteiger partial charge on any atom is 0.0898 e. The van der Waals surface area contributed by atoms with E-state index >= 15 is 0 Å². The number of nitrogens with one attached hydrogen (secondary N) is 1. The Bertz CT molecular complexity index is 335. The first-order valence-corrected chi connectivity index (χ1v) is 6.34. The molecule has 0 bridgehead atoms. The highest BCUT2D eigenvalue weighted by atomic mass is 16.5. The molecule has 2 atom stereocenters.